The second-order valence-corrected chi connectivity index (χ2v) is 5.46. The summed E-state index contributed by atoms with van der Waals surface area (Å²) >= 11 is 0. The van der Waals surface area contributed by atoms with Crippen molar-refractivity contribution >= 4 is 5.95 Å². The van der Waals surface area contributed by atoms with Crippen LogP contribution in [0.2, 0.25) is 0 Å². The molecule has 106 valence electrons. The lowest BCUT2D eigenvalue weighted by molar-refractivity contribution is 0.292. The molecule has 1 aliphatic rings. The van der Waals surface area contributed by atoms with Gasteiger partial charge in [-0.05, 0) is 19.8 Å². The number of nitrogens with two attached hydrogens (primary N) is 1. The van der Waals surface area contributed by atoms with E-state index in [0.29, 0.717) is 12.5 Å². The highest BCUT2D eigenvalue weighted by Crippen LogP contribution is 2.28. The molecule has 1 fully saturated rings. The molecule has 0 aliphatic carbocycles. The Morgan fingerprint density at radius 2 is 2.05 bits per heavy atom. The first kappa shape index (κ1) is 14.1. The van der Waals surface area contributed by atoms with Crippen LogP contribution >= 0.6 is 0 Å². The highest BCUT2D eigenvalue weighted by Gasteiger charge is 2.40. The monoisotopic (exact) mass is 264 g/mol. The average Bonchev–Trinajstić information content (AvgIpc) is 2.33. The molecule has 19 heavy (non-hydrogen) atoms. The number of anilines is 1. The summed E-state index contributed by atoms with van der Waals surface area (Å²) in [7, 11) is 0. The Morgan fingerprint density at radius 1 is 1.32 bits per heavy atom. The zero-order valence-corrected chi connectivity index (χ0v) is 12.1. The van der Waals surface area contributed by atoms with Crippen LogP contribution in [0, 0.1) is 6.92 Å². The van der Waals surface area contributed by atoms with Gasteiger partial charge in [0.1, 0.15) is 0 Å². The molecule has 0 radical (unpaired) electrons. The molecular formula is C14H24N4O. The number of hydrogen-bond acceptors (Lipinski definition) is 5. The van der Waals surface area contributed by atoms with Crippen molar-refractivity contribution in [3.8, 4) is 5.88 Å². The van der Waals surface area contributed by atoms with Gasteiger partial charge in [-0.1, -0.05) is 20.3 Å². The van der Waals surface area contributed by atoms with Crippen LogP contribution in [-0.2, 0) is 0 Å². The van der Waals surface area contributed by atoms with E-state index >= 15 is 0 Å². The Labute approximate surface area is 115 Å². The minimum absolute atomic E-state index is 0.0632. The Morgan fingerprint density at radius 3 is 2.68 bits per heavy atom. The second kappa shape index (κ2) is 5.74. The van der Waals surface area contributed by atoms with Gasteiger partial charge in [-0.2, -0.15) is 4.98 Å². The summed E-state index contributed by atoms with van der Waals surface area (Å²) in [6.45, 7) is 8.56. The predicted molar refractivity (Wildman–Crippen MR) is 76.6 cm³/mol. The smallest absolute Gasteiger partial charge is 0.228 e. The van der Waals surface area contributed by atoms with Gasteiger partial charge in [-0.25, -0.2) is 4.98 Å². The molecule has 5 heteroatoms. The van der Waals surface area contributed by atoms with E-state index in [-0.39, 0.29) is 5.54 Å². The van der Waals surface area contributed by atoms with Crippen molar-refractivity contribution in [3.63, 3.8) is 0 Å². The van der Waals surface area contributed by atoms with Crippen LogP contribution in [0.15, 0.2) is 6.07 Å². The number of aryl methyl sites for hydroxylation is 1. The summed E-state index contributed by atoms with van der Waals surface area (Å²) in [6.07, 6.45) is 3.14. The fraction of sp³-hybridized carbons (Fsp3) is 0.714. The Bertz CT molecular complexity index is 429. The maximum absolute atomic E-state index is 6.27. The fourth-order valence-corrected chi connectivity index (χ4v) is 2.46. The molecule has 0 amide bonds. The van der Waals surface area contributed by atoms with E-state index in [1.165, 1.54) is 0 Å². The molecule has 0 spiro atoms. The van der Waals surface area contributed by atoms with Crippen LogP contribution in [0.1, 0.15) is 38.8 Å². The van der Waals surface area contributed by atoms with E-state index in [4.69, 9.17) is 10.5 Å². The maximum Gasteiger partial charge on any atom is 0.228 e. The Hall–Kier alpha value is -1.36. The predicted octanol–water partition coefficient (Wildman–Crippen LogP) is 1.89. The molecule has 1 aromatic rings. The highest BCUT2D eigenvalue weighted by molar-refractivity contribution is 5.40. The summed E-state index contributed by atoms with van der Waals surface area (Å²) in [5, 5.41) is 0. The lowest BCUT2D eigenvalue weighted by atomic mass is 9.87. The van der Waals surface area contributed by atoms with E-state index in [9.17, 15) is 0 Å². The van der Waals surface area contributed by atoms with Crippen molar-refractivity contribution in [2.45, 2.75) is 45.6 Å². The van der Waals surface area contributed by atoms with Crippen LogP contribution in [0.4, 0.5) is 5.95 Å². The molecule has 0 atom stereocenters. The molecule has 2 heterocycles. The topological polar surface area (TPSA) is 64.3 Å². The summed E-state index contributed by atoms with van der Waals surface area (Å²) in [5.74, 6) is 1.40. The summed E-state index contributed by atoms with van der Waals surface area (Å²) < 4.78 is 5.59. The lowest BCUT2D eigenvalue weighted by Crippen LogP contribution is -2.67. The molecule has 5 nitrogen and oxygen atoms in total. The molecule has 1 saturated heterocycles. The minimum atomic E-state index is -0.0632. The molecule has 2 rings (SSSR count). The van der Waals surface area contributed by atoms with Crippen LogP contribution in [0.5, 0.6) is 5.88 Å². The van der Waals surface area contributed by atoms with Gasteiger partial charge in [0.05, 0.1) is 12.1 Å². The van der Waals surface area contributed by atoms with Gasteiger partial charge in [0.15, 0.2) is 0 Å². The van der Waals surface area contributed by atoms with Crippen molar-refractivity contribution in [1.29, 1.82) is 0 Å². The van der Waals surface area contributed by atoms with E-state index < -0.39 is 0 Å². The van der Waals surface area contributed by atoms with E-state index in [1.54, 1.807) is 0 Å². The van der Waals surface area contributed by atoms with Gasteiger partial charge < -0.3 is 15.4 Å². The van der Waals surface area contributed by atoms with Crippen molar-refractivity contribution in [1.82, 2.24) is 9.97 Å². The first-order valence-electron chi connectivity index (χ1n) is 7.08. The molecule has 1 aliphatic heterocycles. The number of ether oxygens (including phenoxy) is 1. The highest BCUT2D eigenvalue weighted by atomic mass is 16.5. The summed E-state index contributed by atoms with van der Waals surface area (Å²) in [6, 6.07) is 1.88. The van der Waals surface area contributed by atoms with Crippen LogP contribution < -0.4 is 15.4 Å². The second-order valence-electron chi connectivity index (χ2n) is 5.46. The largest absolute Gasteiger partial charge is 0.478 e. The molecule has 2 N–H and O–H groups in total. The van der Waals surface area contributed by atoms with Crippen molar-refractivity contribution in [2.75, 3.05) is 24.6 Å². The van der Waals surface area contributed by atoms with Crippen LogP contribution in [0.25, 0.3) is 0 Å². The number of rotatable bonds is 6. The zero-order chi connectivity index (χ0) is 13.9. The van der Waals surface area contributed by atoms with E-state index in [0.717, 1.165) is 44.0 Å². The third kappa shape index (κ3) is 3.35. The number of aromatic nitrogens is 2. The number of hydrogen-bond donors (Lipinski definition) is 1. The lowest BCUT2D eigenvalue weighted by Gasteiger charge is -2.47. The Balaban J connectivity index is 2.03. The van der Waals surface area contributed by atoms with Gasteiger partial charge in [-0.3, -0.25) is 0 Å². The van der Waals surface area contributed by atoms with Gasteiger partial charge in [0.2, 0.25) is 11.8 Å². The standard InChI is InChI=1S/C14H24N4O/c1-4-6-14(15)9-18(10-14)13-16-11(3)8-12(17-13)19-7-5-2/h8H,4-7,9-10,15H2,1-3H3. The first-order chi connectivity index (χ1) is 9.06. The Kier molecular flexibility index (Phi) is 4.24. The fourth-order valence-electron chi connectivity index (χ4n) is 2.46. The van der Waals surface area contributed by atoms with Crippen molar-refractivity contribution in [3.05, 3.63) is 11.8 Å². The van der Waals surface area contributed by atoms with Crippen molar-refractivity contribution < 1.29 is 4.74 Å². The normalized spacial score (nSPS) is 17.2. The van der Waals surface area contributed by atoms with Crippen LogP contribution in [-0.4, -0.2) is 35.2 Å². The van der Waals surface area contributed by atoms with Gasteiger partial charge >= 0.3 is 0 Å². The summed E-state index contributed by atoms with van der Waals surface area (Å²) in [5.41, 5.74) is 7.14. The third-order valence-electron chi connectivity index (χ3n) is 3.32. The zero-order valence-electron chi connectivity index (χ0n) is 12.1. The molecule has 0 aromatic carbocycles. The van der Waals surface area contributed by atoms with Crippen molar-refractivity contribution in [2.24, 2.45) is 5.73 Å². The minimum Gasteiger partial charge on any atom is -0.478 e. The average molecular weight is 264 g/mol. The molecular weight excluding hydrogens is 240 g/mol. The van der Waals surface area contributed by atoms with E-state index in [1.807, 2.05) is 13.0 Å². The summed E-state index contributed by atoms with van der Waals surface area (Å²) in [4.78, 5) is 11.1. The molecule has 0 bridgehead atoms. The SMILES string of the molecule is CCCOc1cc(C)nc(N2CC(N)(CCC)C2)n1. The van der Waals surface area contributed by atoms with E-state index in [2.05, 4.69) is 28.7 Å². The first-order valence-corrected chi connectivity index (χ1v) is 7.08. The van der Waals surface area contributed by atoms with Crippen LogP contribution in [0.3, 0.4) is 0 Å². The third-order valence-corrected chi connectivity index (χ3v) is 3.32. The number of nitrogens with zero attached hydrogens (tertiary/aromatic N) is 3. The molecule has 0 saturated carbocycles. The molecule has 0 unspecified atom stereocenters. The molecule has 1 aromatic heterocycles. The van der Waals surface area contributed by atoms with Gasteiger partial charge in [0.25, 0.3) is 0 Å². The van der Waals surface area contributed by atoms with Gasteiger partial charge in [-0.15, -0.1) is 0 Å². The quantitative estimate of drug-likeness (QED) is 0.850. The van der Waals surface area contributed by atoms with Gasteiger partial charge in [0, 0.05) is 24.8 Å². The maximum atomic E-state index is 6.27.